The van der Waals surface area contributed by atoms with Crippen molar-refractivity contribution in [2.75, 3.05) is 18.8 Å². The lowest BCUT2D eigenvalue weighted by Crippen LogP contribution is -2.50. The van der Waals surface area contributed by atoms with Crippen molar-refractivity contribution in [2.45, 2.75) is 6.04 Å². The van der Waals surface area contributed by atoms with Crippen molar-refractivity contribution >= 4 is 11.9 Å². The third kappa shape index (κ3) is 1.30. The van der Waals surface area contributed by atoms with Crippen LogP contribution in [-0.4, -0.2) is 39.0 Å². The van der Waals surface area contributed by atoms with Gasteiger partial charge in [0.05, 0.1) is 6.04 Å². The molecule has 0 unspecified atom stereocenters. The summed E-state index contributed by atoms with van der Waals surface area (Å²) in [5.74, 6) is 0.466. The van der Waals surface area contributed by atoms with Crippen LogP contribution in [0.1, 0.15) is 6.04 Å². The van der Waals surface area contributed by atoms with E-state index in [0.29, 0.717) is 18.9 Å². The summed E-state index contributed by atoms with van der Waals surface area (Å²) in [5, 5.41) is 12.6. The molecule has 0 aliphatic carbocycles. The fraction of sp³-hybridized carbons (Fsp3) is 0.429. The van der Waals surface area contributed by atoms with Crippen LogP contribution in [0.5, 0.6) is 0 Å². The Kier molecular flexibility index (Phi) is 1.61. The van der Waals surface area contributed by atoms with Gasteiger partial charge >= 0.3 is 6.09 Å². The molecule has 1 fully saturated rings. The van der Waals surface area contributed by atoms with Gasteiger partial charge in [0, 0.05) is 19.3 Å². The highest BCUT2D eigenvalue weighted by Crippen LogP contribution is 2.20. The van der Waals surface area contributed by atoms with Crippen LogP contribution >= 0.6 is 0 Å². The Morgan fingerprint density at radius 3 is 2.85 bits per heavy atom. The number of nitrogens with two attached hydrogens (primary N) is 1. The van der Waals surface area contributed by atoms with Crippen molar-refractivity contribution in [1.82, 2.24) is 14.7 Å². The first-order valence-corrected chi connectivity index (χ1v) is 3.95. The quantitative estimate of drug-likeness (QED) is 0.640. The fourth-order valence-electron chi connectivity index (χ4n) is 1.33. The number of aromatic nitrogens is 2. The third-order valence-corrected chi connectivity index (χ3v) is 2.14. The van der Waals surface area contributed by atoms with E-state index >= 15 is 0 Å². The van der Waals surface area contributed by atoms with Crippen molar-refractivity contribution in [3.05, 3.63) is 12.3 Å². The third-order valence-electron chi connectivity index (χ3n) is 2.14. The molecule has 0 aromatic carbocycles. The first-order valence-electron chi connectivity index (χ1n) is 3.95. The van der Waals surface area contributed by atoms with Gasteiger partial charge in [0.2, 0.25) is 0 Å². The second-order valence-corrected chi connectivity index (χ2v) is 3.06. The molecule has 1 aliphatic heterocycles. The molecular weight excluding hydrogens is 172 g/mol. The van der Waals surface area contributed by atoms with Crippen molar-refractivity contribution in [2.24, 2.45) is 0 Å². The van der Waals surface area contributed by atoms with Gasteiger partial charge in [-0.3, -0.25) is 4.68 Å². The summed E-state index contributed by atoms with van der Waals surface area (Å²) in [6.07, 6.45) is 0.885. The van der Waals surface area contributed by atoms with E-state index in [9.17, 15) is 4.79 Å². The Morgan fingerprint density at radius 1 is 1.69 bits per heavy atom. The van der Waals surface area contributed by atoms with Crippen LogP contribution in [0.4, 0.5) is 10.6 Å². The zero-order valence-electron chi connectivity index (χ0n) is 6.92. The van der Waals surface area contributed by atoms with Gasteiger partial charge in [0.15, 0.2) is 0 Å². The molecule has 1 saturated heterocycles. The Morgan fingerprint density at radius 2 is 2.38 bits per heavy atom. The molecule has 3 N–H and O–H groups in total. The van der Waals surface area contributed by atoms with E-state index in [2.05, 4.69) is 5.10 Å². The molecule has 0 bridgehead atoms. The number of nitrogen functional groups attached to an aromatic ring is 1. The Labute approximate surface area is 74.5 Å². The van der Waals surface area contributed by atoms with Crippen molar-refractivity contribution in [3.8, 4) is 0 Å². The van der Waals surface area contributed by atoms with Crippen LogP contribution < -0.4 is 5.73 Å². The number of amides is 1. The van der Waals surface area contributed by atoms with Gasteiger partial charge in [-0.1, -0.05) is 0 Å². The average molecular weight is 182 g/mol. The summed E-state index contributed by atoms with van der Waals surface area (Å²) < 4.78 is 1.70. The maximum atomic E-state index is 10.4. The summed E-state index contributed by atoms with van der Waals surface area (Å²) in [5.41, 5.74) is 5.43. The van der Waals surface area contributed by atoms with Gasteiger partial charge in [-0.05, 0) is 6.07 Å². The monoisotopic (exact) mass is 182 g/mol. The predicted molar refractivity (Wildman–Crippen MR) is 45.3 cm³/mol. The Hall–Kier alpha value is -1.72. The molecule has 2 heterocycles. The lowest BCUT2D eigenvalue weighted by molar-refractivity contribution is 0.0813. The maximum absolute atomic E-state index is 10.4. The van der Waals surface area contributed by atoms with E-state index in [1.54, 1.807) is 16.9 Å². The normalized spacial score (nSPS) is 17.1. The SMILES string of the molecule is Nc1ccn(C2CN(C(=O)O)C2)n1. The van der Waals surface area contributed by atoms with Gasteiger partial charge in [-0.25, -0.2) is 4.79 Å². The van der Waals surface area contributed by atoms with Crippen molar-refractivity contribution in [1.29, 1.82) is 0 Å². The topological polar surface area (TPSA) is 84.4 Å². The summed E-state index contributed by atoms with van der Waals surface area (Å²) >= 11 is 0. The van der Waals surface area contributed by atoms with E-state index in [-0.39, 0.29) is 6.04 Å². The molecule has 0 radical (unpaired) electrons. The van der Waals surface area contributed by atoms with E-state index in [1.165, 1.54) is 4.90 Å². The molecule has 13 heavy (non-hydrogen) atoms. The van der Waals surface area contributed by atoms with Crippen molar-refractivity contribution in [3.63, 3.8) is 0 Å². The average Bonchev–Trinajstić information content (AvgIpc) is 2.31. The number of hydrogen-bond donors (Lipinski definition) is 2. The predicted octanol–water partition coefficient (Wildman–Crippen LogP) is -0.000000000000000278. The molecule has 1 amide bonds. The fourth-order valence-corrected chi connectivity index (χ4v) is 1.33. The molecule has 70 valence electrons. The zero-order valence-corrected chi connectivity index (χ0v) is 6.92. The largest absolute Gasteiger partial charge is 0.465 e. The molecular formula is C7H10N4O2. The van der Waals surface area contributed by atoms with Gasteiger partial charge in [0.1, 0.15) is 5.82 Å². The molecule has 0 atom stereocenters. The highest BCUT2D eigenvalue weighted by atomic mass is 16.4. The Bertz CT molecular complexity index is 329. The minimum atomic E-state index is -0.878. The van der Waals surface area contributed by atoms with Gasteiger partial charge in [0.25, 0.3) is 0 Å². The molecule has 1 aromatic heterocycles. The van der Waals surface area contributed by atoms with E-state index in [4.69, 9.17) is 10.8 Å². The number of likely N-dealkylation sites (tertiary alicyclic amines) is 1. The smallest absolute Gasteiger partial charge is 0.407 e. The van der Waals surface area contributed by atoms with Crippen LogP contribution in [-0.2, 0) is 0 Å². The van der Waals surface area contributed by atoms with Crippen LogP contribution in [0.2, 0.25) is 0 Å². The summed E-state index contributed by atoms with van der Waals surface area (Å²) in [6, 6.07) is 1.84. The minimum absolute atomic E-state index is 0.147. The number of hydrogen-bond acceptors (Lipinski definition) is 3. The number of carboxylic acid groups (broad SMARTS) is 1. The van der Waals surface area contributed by atoms with Crippen LogP contribution in [0.25, 0.3) is 0 Å². The van der Waals surface area contributed by atoms with E-state index in [0.717, 1.165) is 0 Å². The summed E-state index contributed by atoms with van der Waals surface area (Å²) in [7, 11) is 0. The second-order valence-electron chi connectivity index (χ2n) is 3.06. The van der Waals surface area contributed by atoms with Crippen LogP contribution in [0, 0.1) is 0 Å². The first-order chi connectivity index (χ1) is 6.16. The number of carbonyl (C=O) groups is 1. The van der Waals surface area contributed by atoms with Crippen LogP contribution in [0.3, 0.4) is 0 Å². The highest BCUT2D eigenvalue weighted by molar-refractivity contribution is 5.66. The van der Waals surface area contributed by atoms with Gasteiger partial charge in [-0.2, -0.15) is 5.10 Å². The highest BCUT2D eigenvalue weighted by Gasteiger charge is 2.31. The number of anilines is 1. The first kappa shape index (κ1) is 7.90. The molecule has 2 rings (SSSR count). The van der Waals surface area contributed by atoms with E-state index in [1.807, 2.05) is 0 Å². The lowest BCUT2D eigenvalue weighted by atomic mass is 10.1. The van der Waals surface area contributed by atoms with Crippen molar-refractivity contribution < 1.29 is 9.90 Å². The number of rotatable bonds is 1. The summed E-state index contributed by atoms with van der Waals surface area (Å²) in [6.45, 7) is 0.993. The molecule has 1 aromatic rings. The second kappa shape index (κ2) is 2.65. The molecule has 6 nitrogen and oxygen atoms in total. The van der Waals surface area contributed by atoms with E-state index < -0.39 is 6.09 Å². The van der Waals surface area contributed by atoms with Crippen LogP contribution in [0.15, 0.2) is 12.3 Å². The molecule has 1 aliphatic rings. The summed E-state index contributed by atoms with van der Waals surface area (Å²) in [4.78, 5) is 11.8. The minimum Gasteiger partial charge on any atom is -0.465 e. The molecule has 0 spiro atoms. The zero-order chi connectivity index (χ0) is 9.42. The van der Waals surface area contributed by atoms with Gasteiger partial charge < -0.3 is 15.7 Å². The Balaban J connectivity index is 1.97. The lowest BCUT2D eigenvalue weighted by Gasteiger charge is -2.36. The van der Waals surface area contributed by atoms with Gasteiger partial charge in [-0.15, -0.1) is 0 Å². The molecule has 0 saturated carbocycles. The molecule has 6 heteroatoms. The maximum Gasteiger partial charge on any atom is 0.407 e. The number of nitrogens with zero attached hydrogens (tertiary/aromatic N) is 3. The standard InChI is InChI=1S/C7H10N4O2/c8-6-1-2-11(9-6)5-3-10(4-5)7(12)13/h1-2,5H,3-4H2,(H2,8,9)(H,12,13).